The number of carboxylic acids is 1. The van der Waals surface area contributed by atoms with E-state index < -0.39 is 18.6 Å². The third-order valence-corrected chi connectivity index (χ3v) is 5.83. The van der Waals surface area contributed by atoms with Gasteiger partial charge >= 0.3 is 5.97 Å². The van der Waals surface area contributed by atoms with Gasteiger partial charge in [-0.05, 0) is 54.5 Å². The van der Waals surface area contributed by atoms with Crippen LogP contribution < -0.4 is 15.4 Å². The predicted octanol–water partition coefficient (Wildman–Crippen LogP) is 4.64. The van der Waals surface area contributed by atoms with Crippen LogP contribution >= 0.6 is 11.6 Å². The van der Waals surface area contributed by atoms with E-state index in [1.807, 2.05) is 48.5 Å². The first-order valence-corrected chi connectivity index (χ1v) is 12.1. The van der Waals surface area contributed by atoms with Crippen molar-refractivity contribution in [1.29, 1.82) is 0 Å². The number of hydrogen-bond acceptors (Lipinski definition) is 4. The van der Waals surface area contributed by atoms with Crippen molar-refractivity contribution in [1.82, 2.24) is 10.6 Å². The van der Waals surface area contributed by atoms with Crippen molar-refractivity contribution in [2.24, 2.45) is 0 Å². The van der Waals surface area contributed by atoms with E-state index in [-0.39, 0.29) is 5.91 Å². The predicted molar refractivity (Wildman–Crippen MR) is 138 cm³/mol. The van der Waals surface area contributed by atoms with Crippen LogP contribution in [0.1, 0.15) is 29.5 Å². The van der Waals surface area contributed by atoms with Gasteiger partial charge in [-0.3, -0.25) is 4.79 Å². The number of rotatable bonds is 14. The standard InChI is InChI=1S/C28H31ClN2O4/c29-24-17-23(14-15-26(24)35-20-27(32)33)18-25(31-19-22-12-5-2-6-13-22)28(34)30-16-8-7-11-21-9-3-1-4-10-21/h1-6,9-10,12-15,17,25,31H,7-8,11,16,18-20H2,(H,30,34)(H,32,33)/t25-/m0/s1. The molecule has 1 atom stereocenters. The highest BCUT2D eigenvalue weighted by atomic mass is 35.5. The number of aliphatic carboxylic acids is 1. The molecule has 3 aromatic rings. The Balaban J connectivity index is 1.56. The molecule has 0 fully saturated rings. The first kappa shape index (κ1) is 26.3. The minimum Gasteiger partial charge on any atom is -0.480 e. The Morgan fingerprint density at radius 3 is 2.23 bits per heavy atom. The van der Waals surface area contributed by atoms with E-state index in [1.54, 1.807) is 18.2 Å². The molecular weight excluding hydrogens is 464 g/mol. The Hall–Kier alpha value is -3.35. The molecule has 1 amide bonds. The Labute approximate surface area is 211 Å². The normalized spacial score (nSPS) is 11.6. The topological polar surface area (TPSA) is 87.7 Å². The van der Waals surface area contributed by atoms with Crippen LogP contribution in [0, 0.1) is 0 Å². The van der Waals surface area contributed by atoms with Gasteiger partial charge in [0.25, 0.3) is 0 Å². The zero-order valence-corrected chi connectivity index (χ0v) is 20.3. The van der Waals surface area contributed by atoms with Gasteiger partial charge in [-0.2, -0.15) is 0 Å². The van der Waals surface area contributed by atoms with Crippen LogP contribution in [-0.4, -0.2) is 36.2 Å². The van der Waals surface area contributed by atoms with E-state index in [0.717, 1.165) is 30.4 Å². The minimum atomic E-state index is -1.07. The van der Waals surface area contributed by atoms with Crippen molar-refractivity contribution in [3.8, 4) is 5.75 Å². The SMILES string of the molecule is O=C(O)COc1ccc(C[C@H](NCc2ccccc2)C(=O)NCCCCc2ccccc2)cc1Cl. The van der Waals surface area contributed by atoms with Gasteiger partial charge in [-0.1, -0.05) is 78.3 Å². The minimum absolute atomic E-state index is 0.0667. The number of carbonyl (C=O) groups excluding carboxylic acids is 1. The summed E-state index contributed by atoms with van der Waals surface area (Å²) in [6.07, 6.45) is 3.32. The average Bonchev–Trinajstić information content (AvgIpc) is 2.87. The number of carboxylic acid groups (broad SMARTS) is 1. The summed E-state index contributed by atoms with van der Waals surface area (Å²) in [7, 11) is 0. The van der Waals surface area contributed by atoms with E-state index in [2.05, 4.69) is 22.8 Å². The van der Waals surface area contributed by atoms with Gasteiger partial charge in [0.2, 0.25) is 5.91 Å². The number of carbonyl (C=O) groups is 2. The maximum Gasteiger partial charge on any atom is 0.341 e. The molecule has 6 nitrogen and oxygen atoms in total. The third kappa shape index (κ3) is 9.43. The molecule has 35 heavy (non-hydrogen) atoms. The lowest BCUT2D eigenvalue weighted by Crippen LogP contribution is -2.45. The summed E-state index contributed by atoms with van der Waals surface area (Å²) < 4.78 is 5.19. The molecule has 0 bridgehead atoms. The second kappa shape index (κ2) is 14.1. The molecule has 0 radical (unpaired) electrons. The monoisotopic (exact) mass is 494 g/mol. The highest BCUT2D eigenvalue weighted by Crippen LogP contribution is 2.26. The molecule has 7 heteroatoms. The maximum absolute atomic E-state index is 13.0. The van der Waals surface area contributed by atoms with Gasteiger partial charge in [0.05, 0.1) is 11.1 Å². The fraction of sp³-hybridized carbons (Fsp3) is 0.286. The first-order valence-electron chi connectivity index (χ1n) is 11.7. The van der Waals surface area contributed by atoms with Gasteiger partial charge in [0, 0.05) is 13.1 Å². The van der Waals surface area contributed by atoms with E-state index in [1.165, 1.54) is 5.56 Å². The van der Waals surface area contributed by atoms with E-state index in [4.69, 9.17) is 21.4 Å². The average molecular weight is 495 g/mol. The molecule has 0 spiro atoms. The Morgan fingerprint density at radius 1 is 0.886 bits per heavy atom. The number of unbranched alkanes of at least 4 members (excludes halogenated alkanes) is 1. The molecule has 0 aliphatic rings. The molecule has 0 heterocycles. The second-order valence-corrected chi connectivity index (χ2v) is 8.71. The molecule has 0 saturated carbocycles. The first-order chi connectivity index (χ1) is 17.0. The highest BCUT2D eigenvalue weighted by molar-refractivity contribution is 6.32. The molecule has 0 aromatic heterocycles. The number of aryl methyl sites for hydroxylation is 1. The van der Waals surface area contributed by atoms with Gasteiger partial charge in [0.1, 0.15) is 5.75 Å². The number of hydrogen-bond donors (Lipinski definition) is 3. The lowest BCUT2D eigenvalue weighted by molar-refractivity contribution is -0.139. The lowest BCUT2D eigenvalue weighted by Gasteiger charge is -2.19. The van der Waals surface area contributed by atoms with Crippen molar-refractivity contribution in [2.45, 2.75) is 38.3 Å². The maximum atomic E-state index is 13.0. The summed E-state index contributed by atoms with van der Waals surface area (Å²) in [6.45, 7) is 0.700. The van der Waals surface area contributed by atoms with Crippen LogP contribution in [0.25, 0.3) is 0 Å². The summed E-state index contributed by atoms with van der Waals surface area (Å²) in [5.41, 5.74) is 3.24. The van der Waals surface area contributed by atoms with Gasteiger partial charge < -0.3 is 20.5 Å². The molecule has 0 unspecified atom stereocenters. The highest BCUT2D eigenvalue weighted by Gasteiger charge is 2.19. The summed E-state index contributed by atoms with van der Waals surface area (Å²) in [6, 6.07) is 24.9. The number of halogens is 1. The zero-order chi connectivity index (χ0) is 24.9. The van der Waals surface area contributed by atoms with E-state index in [9.17, 15) is 9.59 Å². The number of amides is 1. The van der Waals surface area contributed by atoms with Crippen LogP contribution in [0.15, 0.2) is 78.9 Å². The largest absolute Gasteiger partial charge is 0.480 e. The lowest BCUT2D eigenvalue weighted by atomic mass is 10.0. The van der Waals surface area contributed by atoms with Gasteiger partial charge in [0.15, 0.2) is 6.61 Å². The summed E-state index contributed by atoms with van der Waals surface area (Å²) >= 11 is 6.28. The Bertz CT molecular complexity index is 1080. The smallest absolute Gasteiger partial charge is 0.341 e. The Kier molecular flexibility index (Phi) is 10.6. The molecular formula is C28H31ClN2O4. The quantitative estimate of drug-likeness (QED) is 0.284. The number of ether oxygens (including phenoxy) is 1. The van der Waals surface area contributed by atoms with E-state index >= 15 is 0 Å². The summed E-state index contributed by atoms with van der Waals surface area (Å²) in [4.78, 5) is 23.8. The van der Waals surface area contributed by atoms with Crippen molar-refractivity contribution < 1.29 is 19.4 Å². The molecule has 0 saturated heterocycles. The van der Waals surface area contributed by atoms with Crippen molar-refractivity contribution in [2.75, 3.05) is 13.2 Å². The van der Waals surface area contributed by atoms with Crippen molar-refractivity contribution >= 4 is 23.5 Å². The van der Waals surface area contributed by atoms with Crippen LogP contribution in [0.5, 0.6) is 5.75 Å². The van der Waals surface area contributed by atoms with Crippen LogP contribution in [-0.2, 0) is 29.0 Å². The fourth-order valence-electron chi connectivity index (χ4n) is 3.69. The number of nitrogens with one attached hydrogen (secondary N) is 2. The van der Waals surface area contributed by atoms with Crippen LogP contribution in [0.2, 0.25) is 5.02 Å². The van der Waals surface area contributed by atoms with Gasteiger partial charge in [-0.25, -0.2) is 4.79 Å². The second-order valence-electron chi connectivity index (χ2n) is 8.30. The molecule has 184 valence electrons. The molecule has 3 aromatic carbocycles. The van der Waals surface area contributed by atoms with Crippen LogP contribution in [0.4, 0.5) is 0 Å². The Morgan fingerprint density at radius 2 is 1.57 bits per heavy atom. The summed E-state index contributed by atoms with van der Waals surface area (Å²) in [5.74, 6) is -0.840. The van der Waals surface area contributed by atoms with Gasteiger partial charge in [-0.15, -0.1) is 0 Å². The molecule has 3 N–H and O–H groups in total. The van der Waals surface area contributed by atoms with Crippen LogP contribution in [0.3, 0.4) is 0 Å². The third-order valence-electron chi connectivity index (χ3n) is 5.53. The molecule has 3 rings (SSSR count). The van der Waals surface area contributed by atoms with E-state index in [0.29, 0.717) is 30.3 Å². The zero-order valence-electron chi connectivity index (χ0n) is 19.6. The van der Waals surface area contributed by atoms with Crippen molar-refractivity contribution in [3.05, 3.63) is 101 Å². The number of benzene rings is 3. The fourth-order valence-corrected chi connectivity index (χ4v) is 3.95. The molecule has 0 aliphatic carbocycles. The molecule has 0 aliphatic heterocycles. The summed E-state index contributed by atoms with van der Waals surface area (Å²) in [5, 5.41) is 15.5. The van der Waals surface area contributed by atoms with Crippen molar-refractivity contribution in [3.63, 3.8) is 0 Å².